The van der Waals surface area contributed by atoms with E-state index in [2.05, 4.69) is 93.6 Å². The average Bonchev–Trinajstić information content (AvgIpc) is 2.72. The van der Waals surface area contributed by atoms with Crippen molar-refractivity contribution in [1.82, 2.24) is 0 Å². The van der Waals surface area contributed by atoms with Gasteiger partial charge in [0.15, 0.2) is 0 Å². The number of fused-ring (bicyclic) bond motifs is 3. The molecular formula is C27H30. The molecule has 0 saturated heterocycles. The molecule has 0 saturated carbocycles. The van der Waals surface area contributed by atoms with E-state index in [4.69, 9.17) is 0 Å². The molecule has 27 heavy (non-hydrogen) atoms. The predicted octanol–water partition coefficient (Wildman–Crippen LogP) is 7.04. The standard InChI is InChI=1S/C27H30/c1-19-18-24-10-16-27(17-11-24)21(3)20(2)26-14-8-23(9-15-26)5-4-22-6-12-25(19)13-7-22/h6-17,19-21H,4-5,18H2,1-3H3. The minimum absolute atomic E-state index is 0.521. The van der Waals surface area contributed by atoms with E-state index in [1.165, 1.54) is 33.4 Å². The fourth-order valence-corrected chi connectivity index (χ4v) is 4.30. The van der Waals surface area contributed by atoms with Crippen LogP contribution in [0.1, 0.15) is 71.9 Å². The lowest BCUT2D eigenvalue weighted by atomic mass is 9.83. The van der Waals surface area contributed by atoms with Crippen LogP contribution < -0.4 is 0 Å². The molecule has 3 aromatic carbocycles. The van der Waals surface area contributed by atoms with Gasteiger partial charge in [0.2, 0.25) is 0 Å². The van der Waals surface area contributed by atoms with Crippen molar-refractivity contribution in [3.8, 4) is 0 Å². The van der Waals surface area contributed by atoms with Crippen molar-refractivity contribution in [1.29, 1.82) is 0 Å². The van der Waals surface area contributed by atoms with Gasteiger partial charge in [0.1, 0.15) is 0 Å². The van der Waals surface area contributed by atoms with E-state index in [0.29, 0.717) is 17.8 Å². The van der Waals surface area contributed by atoms with Crippen molar-refractivity contribution in [3.05, 3.63) is 106 Å². The molecule has 0 radical (unpaired) electrons. The van der Waals surface area contributed by atoms with Crippen LogP contribution in [0.25, 0.3) is 0 Å². The van der Waals surface area contributed by atoms with Gasteiger partial charge in [-0.25, -0.2) is 0 Å². The first-order valence-electron chi connectivity index (χ1n) is 10.4. The van der Waals surface area contributed by atoms with Crippen molar-refractivity contribution in [2.75, 3.05) is 0 Å². The lowest BCUT2D eigenvalue weighted by Gasteiger charge is -2.22. The van der Waals surface area contributed by atoms with Crippen molar-refractivity contribution in [2.45, 2.75) is 57.8 Å². The van der Waals surface area contributed by atoms with Crippen molar-refractivity contribution in [3.63, 3.8) is 0 Å². The summed E-state index contributed by atoms with van der Waals surface area (Å²) >= 11 is 0. The van der Waals surface area contributed by atoms with E-state index < -0.39 is 0 Å². The van der Waals surface area contributed by atoms with Crippen molar-refractivity contribution >= 4 is 0 Å². The first-order valence-corrected chi connectivity index (χ1v) is 10.4. The Labute approximate surface area is 164 Å². The summed E-state index contributed by atoms with van der Waals surface area (Å²) < 4.78 is 0. The largest absolute Gasteiger partial charge is 0.0587 e. The molecule has 0 heterocycles. The van der Waals surface area contributed by atoms with Crippen LogP contribution in [0.2, 0.25) is 0 Å². The van der Waals surface area contributed by atoms with E-state index in [-0.39, 0.29) is 0 Å². The third-order valence-corrected chi connectivity index (χ3v) is 6.55. The Kier molecular flexibility index (Phi) is 5.16. The number of hydrogen-bond acceptors (Lipinski definition) is 0. The Bertz CT molecular complexity index is 869. The minimum Gasteiger partial charge on any atom is -0.0587 e. The van der Waals surface area contributed by atoms with Crippen LogP contribution in [0.3, 0.4) is 0 Å². The first kappa shape index (κ1) is 18.0. The normalized spacial score (nSPS) is 22.6. The fourth-order valence-electron chi connectivity index (χ4n) is 4.30. The Morgan fingerprint density at radius 1 is 0.481 bits per heavy atom. The zero-order valence-electron chi connectivity index (χ0n) is 16.8. The molecule has 0 fully saturated rings. The highest BCUT2D eigenvalue weighted by Crippen LogP contribution is 2.33. The molecule has 0 amide bonds. The second-order valence-electron chi connectivity index (χ2n) is 8.41. The van der Waals surface area contributed by atoms with Gasteiger partial charge >= 0.3 is 0 Å². The smallest absolute Gasteiger partial charge is 0.0124 e. The Morgan fingerprint density at radius 3 is 1.30 bits per heavy atom. The Morgan fingerprint density at radius 2 is 0.852 bits per heavy atom. The number of rotatable bonds is 0. The van der Waals surface area contributed by atoms with Gasteiger partial charge in [-0.3, -0.25) is 0 Å². The first-order chi connectivity index (χ1) is 13.1. The number of aryl methyl sites for hydroxylation is 2. The summed E-state index contributed by atoms with van der Waals surface area (Å²) in [5, 5.41) is 0. The number of hydrogen-bond donors (Lipinski definition) is 0. The monoisotopic (exact) mass is 354 g/mol. The number of benzene rings is 3. The third kappa shape index (κ3) is 4.00. The zero-order chi connectivity index (χ0) is 18.8. The average molecular weight is 355 g/mol. The molecule has 3 atom stereocenters. The van der Waals surface area contributed by atoms with Crippen LogP contribution in [-0.4, -0.2) is 0 Å². The van der Waals surface area contributed by atoms with Gasteiger partial charge in [-0.15, -0.1) is 0 Å². The molecular weight excluding hydrogens is 324 g/mol. The fraction of sp³-hybridized carbons (Fsp3) is 0.333. The van der Waals surface area contributed by atoms with Gasteiger partial charge in [-0.05, 0) is 70.4 Å². The van der Waals surface area contributed by atoms with Crippen LogP contribution in [0.5, 0.6) is 0 Å². The van der Waals surface area contributed by atoms with Crippen LogP contribution in [-0.2, 0) is 19.3 Å². The van der Waals surface area contributed by atoms with E-state index in [1.807, 2.05) is 0 Å². The van der Waals surface area contributed by atoms with Crippen molar-refractivity contribution < 1.29 is 0 Å². The zero-order valence-corrected chi connectivity index (χ0v) is 16.8. The van der Waals surface area contributed by atoms with Gasteiger partial charge in [0.25, 0.3) is 0 Å². The quantitative estimate of drug-likeness (QED) is 0.406. The highest BCUT2D eigenvalue weighted by Gasteiger charge is 2.17. The molecule has 7 rings (SSSR count). The van der Waals surface area contributed by atoms with Gasteiger partial charge < -0.3 is 0 Å². The summed E-state index contributed by atoms with van der Waals surface area (Å²) in [5.74, 6) is 1.59. The molecule has 4 aliphatic carbocycles. The lowest BCUT2D eigenvalue weighted by Crippen LogP contribution is -2.06. The molecule has 0 N–H and O–H groups in total. The predicted molar refractivity (Wildman–Crippen MR) is 116 cm³/mol. The van der Waals surface area contributed by atoms with E-state index >= 15 is 0 Å². The van der Waals surface area contributed by atoms with Crippen LogP contribution in [0, 0.1) is 0 Å². The maximum atomic E-state index is 2.36. The third-order valence-electron chi connectivity index (χ3n) is 6.55. The maximum Gasteiger partial charge on any atom is -0.0124 e. The van der Waals surface area contributed by atoms with E-state index in [1.54, 1.807) is 0 Å². The molecule has 0 spiro atoms. The second-order valence-corrected chi connectivity index (χ2v) is 8.41. The maximum absolute atomic E-state index is 2.36. The van der Waals surface area contributed by atoms with E-state index in [0.717, 1.165) is 19.3 Å². The minimum atomic E-state index is 0.521. The van der Waals surface area contributed by atoms with Gasteiger partial charge in [-0.2, -0.15) is 0 Å². The van der Waals surface area contributed by atoms with Crippen LogP contribution in [0.15, 0.2) is 72.8 Å². The molecule has 0 aliphatic heterocycles. The van der Waals surface area contributed by atoms with E-state index in [9.17, 15) is 0 Å². The molecule has 6 bridgehead atoms. The molecule has 138 valence electrons. The second kappa shape index (κ2) is 7.72. The summed E-state index contributed by atoms with van der Waals surface area (Å²) in [6.45, 7) is 7.05. The summed E-state index contributed by atoms with van der Waals surface area (Å²) in [5.41, 5.74) is 8.61. The molecule has 0 heteroatoms. The molecule has 4 aliphatic rings. The summed E-state index contributed by atoms with van der Waals surface area (Å²) in [6.07, 6.45) is 3.32. The molecule has 0 aromatic heterocycles. The highest BCUT2D eigenvalue weighted by molar-refractivity contribution is 5.34. The van der Waals surface area contributed by atoms with Crippen molar-refractivity contribution in [2.24, 2.45) is 0 Å². The Hall–Kier alpha value is -2.34. The van der Waals surface area contributed by atoms with Gasteiger partial charge in [0.05, 0.1) is 0 Å². The summed E-state index contributed by atoms with van der Waals surface area (Å²) in [7, 11) is 0. The Balaban J connectivity index is 1.71. The molecule has 3 aromatic rings. The SMILES string of the molecule is CC1Cc2ccc(cc2)C(C)C(C)c2ccc(cc2)CCc2ccc1cc2. The van der Waals surface area contributed by atoms with Gasteiger partial charge in [0, 0.05) is 0 Å². The summed E-state index contributed by atoms with van der Waals surface area (Å²) in [6, 6.07) is 27.9. The lowest BCUT2D eigenvalue weighted by molar-refractivity contribution is 0.623. The van der Waals surface area contributed by atoms with Gasteiger partial charge in [-0.1, -0.05) is 93.6 Å². The van der Waals surface area contributed by atoms with Crippen LogP contribution >= 0.6 is 0 Å². The highest BCUT2D eigenvalue weighted by atomic mass is 14.2. The van der Waals surface area contributed by atoms with Crippen LogP contribution in [0.4, 0.5) is 0 Å². The molecule has 3 unspecified atom stereocenters. The topological polar surface area (TPSA) is 0 Å². The molecule has 0 nitrogen and oxygen atoms in total. The summed E-state index contributed by atoms with van der Waals surface area (Å²) in [4.78, 5) is 0.